The van der Waals surface area contributed by atoms with Crippen molar-refractivity contribution in [3.05, 3.63) is 0 Å². The molecule has 1 amide bonds. The molecule has 0 aromatic heterocycles. The fourth-order valence-electron chi connectivity index (χ4n) is 0.824. The van der Waals surface area contributed by atoms with Crippen molar-refractivity contribution in [1.29, 1.82) is 0 Å². The Kier molecular flexibility index (Phi) is 7.62. The van der Waals surface area contributed by atoms with Crippen molar-refractivity contribution in [2.45, 2.75) is 26.7 Å². The Labute approximate surface area is 99.0 Å². The number of carboxylic acids is 1. The number of amides is 1. The van der Waals surface area contributed by atoms with E-state index in [9.17, 15) is 14.4 Å². The van der Waals surface area contributed by atoms with Crippen molar-refractivity contribution in [1.82, 2.24) is 5.32 Å². The van der Waals surface area contributed by atoms with E-state index in [-0.39, 0.29) is 29.8 Å². The topological polar surface area (TPSA) is 83.5 Å². The van der Waals surface area contributed by atoms with Gasteiger partial charge >= 0.3 is 5.97 Å². The highest BCUT2D eigenvalue weighted by Gasteiger charge is 2.08. The zero-order chi connectivity index (χ0) is 12.6. The zero-order valence-electron chi connectivity index (χ0n) is 9.49. The van der Waals surface area contributed by atoms with Crippen LogP contribution in [0, 0.1) is 5.92 Å². The van der Waals surface area contributed by atoms with Gasteiger partial charge in [0.1, 0.15) is 0 Å². The van der Waals surface area contributed by atoms with Gasteiger partial charge in [-0.2, -0.15) is 0 Å². The molecule has 92 valence electrons. The van der Waals surface area contributed by atoms with Crippen LogP contribution < -0.4 is 5.32 Å². The predicted octanol–water partition coefficient (Wildman–Crippen LogP) is 0.883. The van der Waals surface area contributed by atoms with E-state index in [4.69, 9.17) is 5.11 Å². The molecule has 0 fully saturated rings. The number of aliphatic carboxylic acids is 1. The van der Waals surface area contributed by atoms with Crippen LogP contribution in [0.3, 0.4) is 0 Å². The third-order valence-corrected chi connectivity index (χ3v) is 2.67. The number of carbonyl (C=O) groups excluding carboxylic acids is 2. The molecule has 6 heteroatoms. The summed E-state index contributed by atoms with van der Waals surface area (Å²) in [5.41, 5.74) is 0. The lowest BCUT2D eigenvalue weighted by molar-refractivity contribution is -0.138. The van der Waals surface area contributed by atoms with Crippen LogP contribution in [0.25, 0.3) is 0 Å². The van der Waals surface area contributed by atoms with Gasteiger partial charge in [0.25, 0.3) is 0 Å². The Morgan fingerprint density at radius 1 is 1.25 bits per heavy atom. The molecule has 0 bridgehead atoms. The van der Waals surface area contributed by atoms with Gasteiger partial charge in [0.15, 0.2) is 5.12 Å². The summed E-state index contributed by atoms with van der Waals surface area (Å²) in [4.78, 5) is 32.4. The minimum absolute atomic E-state index is 0.0398. The van der Waals surface area contributed by atoms with Crippen LogP contribution in [0.15, 0.2) is 0 Å². The van der Waals surface area contributed by atoms with Crippen molar-refractivity contribution in [2.75, 3.05) is 12.3 Å². The average molecular weight is 247 g/mol. The smallest absolute Gasteiger partial charge is 0.303 e. The molecule has 0 heterocycles. The summed E-state index contributed by atoms with van der Waals surface area (Å²) in [5, 5.41) is 10.9. The van der Waals surface area contributed by atoms with Crippen LogP contribution in [0.4, 0.5) is 0 Å². The van der Waals surface area contributed by atoms with Crippen molar-refractivity contribution >= 4 is 28.8 Å². The second-order valence-corrected chi connectivity index (χ2v) is 4.71. The molecule has 0 aromatic carbocycles. The van der Waals surface area contributed by atoms with Crippen molar-refractivity contribution in [3.8, 4) is 0 Å². The molecular weight excluding hydrogens is 230 g/mol. The first-order valence-electron chi connectivity index (χ1n) is 5.08. The van der Waals surface area contributed by atoms with Crippen LogP contribution in [-0.4, -0.2) is 34.4 Å². The maximum absolute atomic E-state index is 11.1. The summed E-state index contributed by atoms with van der Waals surface area (Å²) in [6, 6.07) is 0. The average Bonchev–Trinajstić information content (AvgIpc) is 2.20. The molecular formula is C10H17NO4S. The van der Waals surface area contributed by atoms with E-state index in [0.717, 1.165) is 11.8 Å². The molecule has 0 radical (unpaired) electrons. The molecule has 0 aliphatic heterocycles. The summed E-state index contributed by atoms with van der Waals surface area (Å²) in [6.07, 6.45) is -0.0949. The lowest BCUT2D eigenvalue weighted by Gasteiger charge is -2.06. The van der Waals surface area contributed by atoms with E-state index in [0.29, 0.717) is 12.3 Å². The summed E-state index contributed by atoms with van der Waals surface area (Å²) >= 11 is 1.06. The highest BCUT2D eigenvalue weighted by atomic mass is 32.2. The number of rotatable bonds is 7. The first-order valence-corrected chi connectivity index (χ1v) is 6.07. The quantitative estimate of drug-likeness (QED) is 0.653. The normalized spacial score (nSPS) is 10.2. The molecule has 0 aliphatic carbocycles. The third-order valence-electron chi connectivity index (χ3n) is 1.73. The summed E-state index contributed by atoms with van der Waals surface area (Å²) < 4.78 is 0. The molecule has 0 atom stereocenters. The number of hydrogen-bond acceptors (Lipinski definition) is 4. The lowest BCUT2D eigenvalue weighted by atomic mass is 10.2. The summed E-state index contributed by atoms with van der Waals surface area (Å²) in [6.45, 7) is 4.02. The minimum Gasteiger partial charge on any atom is -0.481 e. The molecule has 0 saturated heterocycles. The monoisotopic (exact) mass is 247 g/mol. The minimum atomic E-state index is -0.970. The first-order chi connectivity index (χ1) is 7.43. The van der Waals surface area contributed by atoms with Gasteiger partial charge in [0.2, 0.25) is 5.91 Å². The standard InChI is InChI=1S/C10H17NO4S/c1-7(2)10(15)11-5-6-16-9(14)4-3-8(12)13/h7H,3-6H2,1-2H3,(H,11,15)(H,12,13). The fraction of sp³-hybridized carbons (Fsp3) is 0.700. The molecule has 0 rings (SSSR count). The number of carboxylic acid groups (broad SMARTS) is 1. The van der Waals surface area contributed by atoms with Crippen LogP contribution >= 0.6 is 11.8 Å². The van der Waals surface area contributed by atoms with E-state index >= 15 is 0 Å². The van der Waals surface area contributed by atoms with Crippen LogP contribution in [0.5, 0.6) is 0 Å². The van der Waals surface area contributed by atoms with Gasteiger partial charge in [-0.1, -0.05) is 25.6 Å². The van der Waals surface area contributed by atoms with Gasteiger partial charge < -0.3 is 10.4 Å². The van der Waals surface area contributed by atoms with E-state index in [2.05, 4.69) is 5.32 Å². The fourth-order valence-corrected chi connectivity index (χ4v) is 1.50. The maximum Gasteiger partial charge on any atom is 0.303 e. The Hall–Kier alpha value is -1.04. The SMILES string of the molecule is CC(C)C(=O)NCCSC(=O)CCC(=O)O. The van der Waals surface area contributed by atoms with Gasteiger partial charge in [-0.05, 0) is 0 Å². The van der Waals surface area contributed by atoms with Gasteiger partial charge in [-0.25, -0.2) is 0 Å². The molecule has 16 heavy (non-hydrogen) atoms. The number of hydrogen-bond donors (Lipinski definition) is 2. The van der Waals surface area contributed by atoms with Gasteiger partial charge in [-0.3, -0.25) is 14.4 Å². The molecule has 0 aliphatic rings. The van der Waals surface area contributed by atoms with Crippen molar-refractivity contribution < 1.29 is 19.5 Å². The van der Waals surface area contributed by atoms with E-state index in [1.807, 2.05) is 0 Å². The highest BCUT2D eigenvalue weighted by molar-refractivity contribution is 8.13. The highest BCUT2D eigenvalue weighted by Crippen LogP contribution is 2.06. The second kappa shape index (κ2) is 8.15. The largest absolute Gasteiger partial charge is 0.481 e. The number of carbonyl (C=O) groups is 3. The van der Waals surface area contributed by atoms with E-state index in [1.165, 1.54) is 0 Å². The molecule has 0 aromatic rings. The number of nitrogens with one attached hydrogen (secondary N) is 1. The van der Waals surface area contributed by atoms with E-state index < -0.39 is 5.97 Å². The first kappa shape index (κ1) is 15.0. The Bertz CT molecular complexity index is 266. The molecule has 5 nitrogen and oxygen atoms in total. The van der Waals surface area contributed by atoms with Gasteiger partial charge in [0, 0.05) is 24.6 Å². The number of thioether (sulfide) groups is 1. The third kappa shape index (κ3) is 8.28. The molecule has 0 saturated carbocycles. The molecule has 0 unspecified atom stereocenters. The second-order valence-electron chi connectivity index (χ2n) is 3.56. The van der Waals surface area contributed by atoms with Crippen LogP contribution in [0.1, 0.15) is 26.7 Å². The van der Waals surface area contributed by atoms with E-state index in [1.54, 1.807) is 13.8 Å². The van der Waals surface area contributed by atoms with Gasteiger partial charge in [0.05, 0.1) is 6.42 Å². The van der Waals surface area contributed by atoms with Crippen LogP contribution in [-0.2, 0) is 14.4 Å². The Morgan fingerprint density at radius 2 is 1.88 bits per heavy atom. The van der Waals surface area contributed by atoms with Gasteiger partial charge in [-0.15, -0.1) is 0 Å². The van der Waals surface area contributed by atoms with Crippen molar-refractivity contribution in [2.24, 2.45) is 5.92 Å². The Balaban J connectivity index is 3.48. The van der Waals surface area contributed by atoms with Crippen LogP contribution in [0.2, 0.25) is 0 Å². The summed E-state index contributed by atoms with van der Waals surface area (Å²) in [5.74, 6) is -0.593. The summed E-state index contributed by atoms with van der Waals surface area (Å²) in [7, 11) is 0. The predicted molar refractivity (Wildman–Crippen MR) is 62.2 cm³/mol. The lowest BCUT2D eigenvalue weighted by Crippen LogP contribution is -2.29. The Morgan fingerprint density at radius 3 is 2.38 bits per heavy atom. The maximum atomic E-state index is 11.1. The van der Waals surface area contributed by atoms with Crippen molar-refractivity contribution in [3.63, 3.8) is 0 Å². The zero-order valence-corrected chi connectivity index (χ0v) is 10.3. The molecule has 2 N–H and O–H groups in total. The molecule has 0 spiro atoms.